The summed E-state index contributed by atoms with van der Waals surface area (Å²) < 4.78 is 9.34. The Bertz CT molecular complexity index is 1920. The molecule has 1 amide bonds. The van der Waals surface area contributed by atoms with Crippen LogP contribution in [0, 0.1) is 0 Å². The third-order valence-corrected chi connectivity index (χ3v) is 9.52. The number of hydrogen-bond acceptors (Lipinski definition) is 8. The molecule has 6 aromatic rings. The molecule has 0 unspecified atom stereocenters. The van der Waals surface area contributed by atoms with Gasteiger partial charge in [0.15, 0.2) is 10.9 Å². The molecule has 0 bridgehead atoms. The summed E-state index contributed by atoms with van der Waals surface area (Å²) in [7, 11) is 0. The molecule has 0 aliphatic carbocycles. The van der Waals surface area contributed by atoms with E-state index in [4.69, 9.17) is 16.0 Å². The molecule has 7 rings (SSSR count). The number of piperidine rings is 1. The molecule has 4 aromatic heterocycles. The lowest BCUT2D eigenvalue weighted by Gasteiger charge is -2.32. The van der Waals surface area contributed by atoms with Gasteiger partial charge in [-0.05, 0) is 61.4 Å². The zero-order valence-corrected chi connectivity index (χ0v) is 24.5. The molecule has 10 nitrogen and oxygen atoms in total. The maximum absolute atomic E-state index is 13.3. The zero-order valence-electron chi connectivity index (χ0n) is 22.1. The van der Waals surface area contributed by atoms with Crippen LogP contribution in [0.25, 0.3) is 28.3 Å². The Hall–Kier alpha value is -4.13. The highest BCUT2D eigenvalue weighted by Gasteiger charge is 2.28. The topological polar surface area (TPSA) is 115 Å². The number of furan rings is 1. The molecule has 1 N–H and O–H groups in total. The van der Waals surface area contributed by atoms with Crippen molar-refractivity contribution in [3.63, 3.8) is 0 Å². The van der Waals surface area contributed by atoms with Gasteiger partial charge < -0.3 is 14.3 Å². The lowest BCUT2D eigenvalue weighted by Crippen LogP contribution is -2.40. The van der Waals surface area contributed by atoms with Crippen LogP contribution < -0.4 is 5.69 Å². The Kier molecular flexibility index (Phi) is 7.18. The smallest absolute Gasteiger partial charge is 0.326 e. The number of likely N-dealkylation sites (tertiary alicyclic amines) is 1. The number of halogens is 1. The first-order valence-corrected chi connectivity index (χ1v) is 15.6. The average Bonchev–Trinajstić information content (AvgIpc) is 3.82. The molecule has 2 aromatic carbocycles. The van der Waals surface area contributed by atoms with E-state index in [2.05, 4.69) is 20.2 Å². The van der Waals surface area contributed by atoms with Crippen molar-refractivity contribution in [3.05, 3.63) is 98.5 Å². The standard InChI is InChI=1S/C29H24ClN7O3S2/c30-18-7-9-19(10-8-18)37-26(24-6-3-15-40-24)33-34-29(37)42-17-25-31-22(16-41-25)27(38)35-13-11-20(12-14-35)36-23-5-2-1-4-21(23)32-28(36)39/h1-10,15-16,20H,11-14,17H2,(H,32,39). The lowest BCUT2D eigenvalue weighted by molar-refractivity contribution is 0.0689. The fourth-order valence-corrected chi connectivity index (χ4v) is 7.14. The number of rotatable bonds is 7. The first-order valence-electron chi connectivity index (χ1n) is 13.4. The van der Waals surface area contributed by atoms with E-state index in [0.717, 1.165) is 21.7 Å². The quantitative estimate of drug-likeness (QED) is 0.217. The van der Waals surface area contributed by atoms with Gasteiger partial charge in [0, 0.05) is 35.2 Å². The minimum Gasteiger partial charge on any atom is -0.461 e. The lowest BCUT2D eigenvalue weighted by atomic mass is 10.0. The fourth-order valence-electron chi connectivity index (χ4n) is 5.28. The van der Waals surface area contributed by atoms with Crippen LogP contribution in [0.4, 0.5) is 0 Å². The Morgan fingerprint density at radius 3 is 2.67 bits per heavy atom. The summed E-state index contributed by atoms with van der Waals surface area (Å²) in [6.07, 6.45) is 3.01. The van der Waals surface area contributed by atoms with Gasteiger partial charge in [-0.1, -0.05) is 35.5 Å². The van der Waals surface area contributed by atoms with Gasteiger partial charge in [0.25, 0.3) is 5.91 Å². The molecule has 0 saturated carbocycles. The van der Waals surface area contributed by atoms with E-state index in [1.54, 1.807) is 6.26 Å². The van der Waals surface area contributed by atoms with Crippen LogP contribution in [0.3, 0.4) is 0 Å². The first kappa shape index (κ1) is 26.7. The Morgan fingerprint density at radius 1 is 1.07 bits per heavy atom. The number of thiazole rings is 1. The van der Waals surface area contributed by atoms with Crippen molar-refractivity contribution in [1.82, 2.24) is 34.2 Å². The van der Waals surface area contributed by atoms with Crippen molar-refractivity contribution >= 4 is 51.6 Å². The number of amides is 1. The maximum Gasteiger partial charge on any atom is 0.326 e. The van der Waals surface area contributed by atoms with Crippen LogP contribution in [0.5, 0.6) is 0 Å². The summed E-state index contributed by atoms with van der Waals surface area (Å²) >= 11 is 9.05. The predicted molar refractivity (Wildman–Crippen MR) is 162 cm³/mol. The summed E-state index contributed by atoms with van der Waals surface area (Å²) in [6, 6.07) is 18.8. The van der Waals surface area contributed by atoms with Gasteiger partial charge >= 0.3 is 5.69 Å². The summed E-state index contributed by atoms with van der Waals surface area (Å²) in [5, 5.41) is 12.7. The number of benzene rings is 2. The zero-order chi connectivity index (χ0) is 28.6. The van der Waals surface area contributed by atoms with E-state index in [-0.39, 0.29) is 17.6 Å². The second-order valence-corrected chi connectivity index (χ2v) is 12.2. The van der Waals surface area contributed by atoms with Crippen LogP contribution in [0.15, 0.2) is 86.7 Å². The van der Waals surface area contributed by atoms with Gasteiger partial charge in [-0.15, -0.1) is 21.5 Å². The van der Waals surface area contributed by atoms with Crippen molar-refractivity contribution in [1.29, 1.82) is 0 Å². The number of thioether (sulfide) groups is 1. The number of para-hydroxylation sites is 2. The van der Waals surface area contributed by atoms with E-state index in [1.165, 1.54) is 23.1 Å². The summed E-state index contributed by atoms with van der Waals surface area (Å²) in [4.78, 5) is 35.3. The van der Waals surface area contributed by atoms with Crippen molar-refractivity contribution in [2.75, 3.05) is 13.1 Å². The van der Waals surface area contributed by atoms with Gasteiger partial charge in [-0.3, -0.25) is 13.9 Å². The molecule has 1 saturated heterocycles. The molecule has 5 heterocycles. The van der Waals surface area contributed by atoms with E-state index < -0.39 is 0 Å². The average molecular weight is 618 g/mol. The van der Waals surface area contributed by atoms with Gasteiger partial charge in [-0.25, -0.2) is 9.78 Å². The SMILES string of the molecule is O=C(c1csc(CSc2nnc(-c3ccco3)n2-c2ccc(Cl)cc2)n1)N1CCC(n2c(=O)[nH]c3ccccc32)CC1. The molecule has 42 heavy (non-hydrogen) atoms. The highest BCUT2D eigenvalue weighted by molar-refractivity contribution is 7.98. The van der Waals surface area contributed by atoms with Crippen molar-refractivity contribution in [2.24, 2.45) is 0 Å². The monoisotopic (exact) mass is 617 g/mol. The molecule has 1 aliphatic rings. The number of nitrogens with zero attached hydrogens (tertiary/aromatic N) is 6. The highest BCUT2D eigenvalue weighted by Crippen LogP contribution is 2.32. The molecule has 0 spiro atoms. The number of nitrogens with one attached hydrogen (secondary N) is 1. The van der Waals surface area contributed by atoms with Crippen molar-refractivity contribution < 1.29 is 9.21 Å². The normalized spacial score (nSPS) is 14.2. The maximum atomic E-state index is 13.3. The van der Waals surface area contributed by atoms with Gasteiger partial charge in [0.2, 0.25) is 5.82 Å². The Balaban J connectivity index is 1.03. The van der Waals surface area contributed by atoms with E-state index in [0.29, 0.717) is 59.1 Å². The highest BCUT2D eigenvalue weighted by atomic mass is 35.5. The predicted octanol–water partition coefficient (Wildman–Crippen LogP) is 6.05. The number of fused-ring (bicyclic) bond motifs is 1. The fraction of sp³-hybridized carbons (Fsp3) is 0.207. The number of carbonyl (C=O) groups is 1. The van der Waals surface area contributed by atoms with Crippen LogP contribution >= 0.6 is 34.7 Å². The minimum atomic E-state index is -0.106. The molecule has 1 fully saturated rings. The molecule has 1 aliphatic heterocycles. The Morgan fingerprint density at radius 2 is 1.88 bits per heavy atom. The number of H-pyrrole nitrogens is 1. The molecule has 212 valence electrons. The number of carbonyl (C=O) groups excluding carboxylic acids is 1. The third-order valence-electron chi connectivity index (χ3n) is 7.30. The Labute approximate surface area is 253 Å². The molecule has 0 radical (unpaired) electrons. The molecule has 13 heteroatoms. The number of aromatic amines is 1. The van der Waals surface area contributed by atoms with E-state index in [1.807, 2.05) is 80.1 Å². The minimum absolute atomic E-state index is 0.0455. The van der Waals surface area contributed by atoms with Gasteiger partial charge in [-0.2, -0.15) is 0 Å². The van der Waals surface area contributed by atoms with Crippen molar-refractivity contribution in [3.8, 4) is 17.3 Å². The largest absolute Gasteiger partial charge is 0.461 e. The summed E-state index contributed by atoms with van der Waals surface area (Å²) in [5.41, 5.74) is 2.92. The summed E-state index contributed by atoms with van der Waals surface area (Å²) in [5.74, 6) is 1.62. The molecular weight excluding hydrogens is 594 g/mol. The molecule has 0 atom stereocenters. The summed E-state index contributed by atoms with van der Waals surface area (Å²) in [6.45, 7) is 1.13. The third kappa shape index (κ3) is 5.06. The second kappa shape index (κ2) is 11.3. The van der Waals surface area contributed by atoms with Gasteiger partial charge in [0.05, 0.1) is 23.0 Å². The van der Waals surface area contributed by atoms with Crippen LogP contribution in [0.1, 0.15) is 34.4 Å². The number of hydrogen-bond donors (Lipinski definition) is 1. The van der Waals surface area contributed by atoms with Crippen LogP contribution in [0.2, 0.25) is 5.02 Å². The van der Waals surface area contributed by atoms with Crippen LogP contribution in [-0.2, 0) is 5.75 Å². The van der Waals surface area contributed by atoms with Crippen LogP contribution in [-0.4, -0.2) is 53.2 Å². The number of aromatic nitrogens is 6. The second-order valence-electron chi connectivity index (χ2n) is 9.85. The number of imidazole rings is 1. The van der Waals surface area contributed by atoms with Crippen molar-refractivity contribution in [2.45, 2.75) is 29.8 Å². The van der Waals surface area contributed by atoms with E-state index in [9.17, 15) is 9.59 Å². The van der Waals surface area contributed by atoms with Gasteiger partial charge in [0.1, 0.15) is 10.7 Å². The molecular formula is C29H24ClN7O3S2. The first-order chi connectivity index (χ1) is 20.5. The van der Waals surface area contributed by atoms with E-state index >= 15 is 0 Å².